The van der Waals surface area contributed by atoms with E-state index in [1.165, 1.54) is 21.5 Å². The SMILES string of the molecule is ClCCCl.[Zr+2].c1ccc2[cH-]ccc2c1.c1ccc2[cH-]ccc2c1. The molecule has 0 bridgehead atoms. The summed E-state index contributed by atoms with van der Waals surface area (Å²) in [5.41, 5.74) is 0. The van der Waals surface area contributed by atoms with Gasteiger partial charge < -0.3 is 0 Å². The van der Waals surface area contributed by atoms with Crippen LogP contribution < -0.4 is 0 Å². The molecule has 0 amide bonds. The van der Waals surface area contributed by atoms with E-state index in [0.717, 1.165) is 0 Å². The largest absolute Gasteiger partial charge is 2.00 e. The van der Waals surface area contributed by atoms with Gasteiger partial charge in [-0.1, -0.05) is 12.1 Å². The fraction of sp³-hybridized carbons (Fsp3) is 0.100. The van der Waals surface area contributed by atoms with Gasteiger partial charge >= 0.3 is 26.2 Å². The van der Waals surface area contributed by atoms with Gasteiger partial charge in [-0.2, -0.15) is 35.0 Å². The van der Waals surface area contributed by atoms with Crippen LogP contribution in [0.15, 0.2) is 84.9 Å². The van der Waals surface area contributed by atoms with Gasteiger partial charge in [0.15, 0.2) is 0 Å². The van der Waals surface area contributed by atoms with Crippen LogP contribution in [0.3, 0.4) is 0 Å². The first-order chi connectivity index (χ1) is 10.8. The summed E-state index contributed by atoms with van der Waals surface area (Å²) in [5, 5.41) is 5.32. The number of alkyl halides is 2. The molecule has 0 spiro atoms. The molecule has 0 aromatic heterocycles. The van der Waals surface area contributed by atoms with Gasteiger partial charge in [0, 0.05) is 11.8 Å². The Morgan fingerprint density at radius 2 is 1.00 bits per heavy atom. The maximum absolute atomic E-state index is 5.05. The summed E-state index contributed by atoms with van der Waals surface area (Å²) in [7, 11) is 0. The van der Waals surface area contributed by atoms with E-state index in [0.29, 0.717) is 11.8 Å². The van der Waals surface area contributed by atoms with Crippen LogP contribution in [0.2, 0.25) is 0 Å². The Hall–Kier alpha value is -0.877. The van der Waals surface area contributed by atoms with E-state index in [9.17, 15) is 0 Å². The molecule has 0 unspecified atom stereocenters. The van der Waals surface area contributed by atoms with Crippen LogP contribution in [0.4, 0.5) is 0 Å². The molecule has 4 rings (SSSR count). The molecule has 0 N–H and O–H groups in total. The standard InChI is InChI=1S/2C9H7.C2H4Cl2.Zr/c2*1-2-5-9-7-3-6-8(9)4-1;3-1-2-4;/h2*1-7H;1-2H2;/q2*-1;;+2. The van der Waals surface area contributed by atoms with Gasteiger partial charge in [0.2, 0.25) is 0 Å². The van der Waals surface area contributed by atoms with Crippen molar-refractivity contribution in [3.63, 3.8) is 0 Å². The van der Waals surface area contributed by atoms with Crippen molar-refractivity contribution < 1.29 is 26.2 Å². The van der Waals surface area contributed by atoms with Gasteiger partial charge in [-0.05, 0) is 0 Å². The summed E-state index contributed by atoms with van der Waals surface area (Å²) < 4.78 is 0. The van der Waals surface area contributed by atoms with E-state index >= 15 is 0 Å². The van der Waals surface area contributed by atoms with Crippen molar-refractivity contribution in [3.8, 4) is 0 Å². The summed E-state index contributed by atoms with van der Waals surface area (Å²) in [6, 6.07) is 29.3. The Morgan fingerprint density at radius 3 is 1.35 bits per heavy atom. The Labute approximate surface area is 166 Å². The Bertz CT molecular complexity index is 658. The van der Waals surface area contributed by atoms with Crippen molar-refractivity contribution in [3.05, 3.63) is 84.9 Å². The summed E-state index contributed by atoms with van der Waals surface area (Å²) in [6.07, 6.45) is 0. The normalized spacial score (nSPS) is 9.30. The van der Waals surface area contributed by atoms with Gasteiger partial charge in [-0.15, -0.1) is 82.5 Å². The third-order valence-corrected chi connectivity index (χ3v) is 3.74. The second kappa shape index (κ2) is 11.6. The van der Waals surface area contributed by atoms with Crippen molar-refractivity contribution in [2.75, 3.05) is 11.8 Å². The first-order valence-corrected chi connectivity index (χ1v) is 8.25. The van der Waals surface area contributed by atoms with Crippen LogP contribution in [-0.4, -0.2) is 11.8 Å². The average molecular weight is 420 g/mol. The number of halogens is 2. The minimum atomic E-state index is 0. The summed E-state index contributed by atoms with van der Waals surface area (Å²) >= 11 is 10.1. The molecule has 3 heteroatoms. The number of rotatable bonds is 1. The first kappa shape index (κ1) is 20.2. The molecule has 0 heterocycles. The van der Waals surface area contributed by atoms with Gasteiger partial charge in [0.1, 0.15) is 0 Å². The first-order valence-electron chi connectivity index (χ1n) is 7.18. The van der Waals surface area contributed by atoms with E-state index in [1.807, 2.05) is 0 Å². The topological polar surface area (TPSA) is 0 Å². The second-order valence-electron chi connectivity index (χ2n) is 4.69. The Morgan fingerprint density at radius 1 is 0.609 bits per heavy atom. The molecule has 0 aliphatic carbocycles. The number of benzene rings is 2. The van der Waals surface area contributed by atoms with Crippen molar-refractivity contribution in [1.82, 2.24) is 0 Å². The molecule has 0 aliphatic rings. The third-order valence-electron chi connectivity index (χ3n) is 3.17. The summed E-state index contributed by atoms with van der Waals surface area (Å²) in [4.78, 5) is 0. The van der Waals surface area contributed by atoms with Crippen molar-refractivity contribution in [2.45, 2.75) is 0 Å². The van der Waals surface area contributed by atoms with Crippen molar-refractivity contribution >= 4 is 44.7 Å². The zero-order chi connectivity index (χ0) is 15.6. The Kier molecular flexibility index (Phi) is 10.2. The molecule has 23 heavy (non-hydrogen) atoms. The molecular weight excluding hydrogens is 402 g/mol. The van der Waals surface area contributed by atoms with Gasteiger partial charge in [-0.25, -0.2) is 0 Å². The van der Waals surface area contributed by atoms with E-state index in [2.05, 4.69) is 84.9 Å². The van der Waals surface area contributed by atoms with E-state index in [1.54, 1.807) is 0 Å². The molecular formula is C20H18Cl2Zr. The third kappa shape index (κ3) is 6.63. The maximum atomic E-state index is 5.05. The molecule has 0 saturated heterocycles. The van der Waals surface area contributed by atoms with E-state index in [-0.39, 0.29) is 26.2 Å². The van der Waals surface area contributed by atoms with E-state index < -0.39 is 0 Å². The van der Waals surface area contributed by atoms with Gasteiger partial charge in [0.25, 0.3) is 0 Å². The van der Waals surface area contributed by atoms with Crippen LogP contribution in [0, 0.1) is 0 Å². The van der Waals surface area contributed by atoms with Crippen LogP contribution in [0.1, 0.15) is 0 Å². The summed E-state index contributed by atoms with van der Waals surface area (Å²) in [6.45, 7) is 0. The van der Waals surface area contributed by atoms with Crippen molar-refractivity contribution in [2.24, 2.45) is 0 Å². The smallest absolute Gasteiger partial charge is 0.168 e. The zero-order valence-electron chi connectivity index (χ0n) is 12.8. The molecule has 4 aromatic carbocycles. The zero-order valence-corrected chi connectivity index (χ0v) is 16.7. The minimum Gasteiger partial charge on any atom is -0.168 e. The number of fused-ring (bicyclic) bond motifs is 2. The van der Waals surface area contributed by atoms with Crippen LogP contribution >= 0.6 is 23.2 Å². The Balaban J connectivity index is 0.000000182. The van der Waals surface area contributed by atoms with Crippen LogP contribution in [0.25, 0.3) is 21.5 Å². The molecule has 0 saturated carbocycles. The van der Waals surface area contributed by atoms with Crippen LogP contribution in [0.5, 0.6) is 0 Å². The fourth-order valence-electron chi connectivity index (χ4n) is 2.14. The molecule has 0 fully saturated rings. The average Bonchev–Trinajstić information content (AvgIpc) is 3.24. The quantitative estimate of drug-likeness (QED) is 0.241. The molecule has 116 valence electrons. The van der Waals surface area contributed by atoms with Gasteiger partial charge in [0.05, 0.1) is 0 Å². The number of hydrogen-bond acceptors (Lipinski definition) is 0. The van der Waals surface area contributed by atoms with Crippen molar-refractivity contribution in [1.29, 1.82) is 0 Å². The molecule has 0 atom stereocenters. The molecule has 4 aromatic rings. The molecule has 0 nitrogen and oxygen atoms in total. The maximum Gasteiger partial charge on any atom is 2.00 e. The predicted molar refractivity (Wildman–Crippen MR) is 101 cm³/mol. The molecule has 0 radical (unpaired) electrons. The predicted octanol–water partition coefficient (Wildman–Crippen LogP) is 6.58. The van der Waals surface area contributed by atoms with Gasteiger partial charge in [-0.3, -0.25) is 0 Å². The molecule has 0 aliphatic heterocycles. The fourth-order valence-corrected chi connectivity index (χ4v) is 2.14. The van der Waals surface area contributed by atoms with E-state index in [4.69, 9.17) is 23.2 Å². The second-order valence-corrected chi connectivity index (χ2v) is 5.44. The summed E-state index contributed by atoms with van der Waals surface area (Å²) in [5.74, 6) is 1.11. The monoisotopic (exact) mass is 418 g/mol. The minimum absolute atomic E-state index is 0. The number of hydrogen-bond donors (Lipinski definition) is 0. The van der Waals surface area contributed by atoms with Crippen LogP contribution in [-0.2, 0) is 26.2 Å².